The number of rotatable bonds is 3. The van der Waals surface area contributed by atoms with Crippen molar-refractivity contribution in [2.75, 3.05) is 18.9 Å². The van der Waals surface area contributed by atoms with Crippen LogP contribution in [0.1, 0.15) is 12.0 Å². The summed E-state index contributed by atoms with van der Waals surface area (Å²) in [7, 11) is 0. The first-order valence-corrected chi connectivity index (χ1v) is 5.53. The number of aliphatic hydroxyl groups is 1. The number of hydrogen-bond acceptors (Lipinski definition) is 3. The van der Waals surface area contributed by atoms with E-state index in [0.717, 1.165) is 0 Å². The van der Waals surface area contributed by atoms with Gasteiger partial charge in [0.15, 0.2) is 0 Å². The summed E-state index contributed by atoms with van der Waals surface area (Å²) < 4.78 is 13.5. The van der Waals surface area contributed by atoms with Gasteiger partial charge >= 0.3 is 0 Å². The molecule has 1 saturated heterocycles. The lowest BCUT2D eigenvalue weighted by Gasteiger charge is -2.18. The first kappa shape index (κ1) is 11.9. The SMILES string of the molecule is Nc1cccc(F)c1CN1CC(CO)CC1=O. The normalized spacial score (nSPS) is 20.0. The molecular weight excluding hydrogens is 223 g/mol. The highest BCUT2D eigenvalue weighted by atomic mass is 19.1. The van der Waals surface area contributed by atoms with E-state index in [1.165, 1.54) is 17.0 Å². The second-order valence-electron chi connectivity index (χ2n) is 4.33. The monoisotopic (exact) mass is 238 g/mol. The Balaban J connectivity index is 2.14. The van der Waals surface area contributed by atoms with Gasteiger partial charge in [-0.15, -0.1) is 0 Å². The van der Waals surface area contributed by atoms with Crippen molar-refractivity contribution in [2.24, 2.45) is 5.92 Å². The van der Waals surface area contributed by atoms with Crippen LogP contribution in [0.25, 0.3) is 0 Å². The first-order valence-electron chi connectivity index (χ1n) is 5.53. The summed E-state index contributed by atoms with van der Waals surface area (Å²) in [6.07, 6.45) is 0.324. The quantitative estimate of drug-likeness (QED) is 0.764. The number of benzene rings is 1. The number of aliphatic hydroxyl groups excluding tert-OH is 1. The van der Waals surface area contributed by atoms with Crippen LogP contribution in [0.15, 0.2) is 18.2 Å². The number of carbonyl (C=O) groups is 1. The van der Waals surface area contributed by atoms with E-state index in [4.69, 9.17) is 10.8 Å². The summed E-state index contributed by atoms with van der Waals surface area (Å²) in [6.45, 7) is 0.617. The van der Waals surface area contributed by atoms with Crippen molar-refractivity contribution in [2.45, 2.75) is 13.0 Å². The maximum absolute atomic E-state index is 13.5. The molecule has 3 N–H and O–H groups in total. The van der Waals surface area contributed by atoms with E-state index in [2.05, 4.69) is 0 Å². The van der Waals surface area contributed by atoms with E-state index in [1.807, 2.05) is 0 Å². The van der Waals surface area contributed by atoms with Gasteiger partial charge in [0.2, 0.25) is 5.91 Å². The van der Waals surface area contributed by atoms with Gasteiger partial charge < -0.3 is 15.7 Å². The van der Waals surface area contributed by atoms with Crippen molar-refractivity contribution in [1.82, 2.24) is 4.90 Å². The zero-order chi connectivity index (χ0) is 12.4. The third-order valence-corrected chi connectivity index (χ3v) is 3.06. The van der Waals surface area contributed by atoms with Gasteiger partial charge in [-0.05, 0) is 12.1 Å². The highest BCUT2D eigenvalue weighted by molar-refractivity contribution is 5.78. The van der Waals surface area contributed by atoms with Crippen molar-refractivity contribution >= 4 is 11.6 Å². The van der Waals surface area contributed by atoms with Gasteiger partial charge in [0.1, 0.15) is 5.82 Å². The van der Waals surface area contributed by atoms with Crippen LogP contribution in [0.2, 0.25) is 0 Å². The molecule has 1 heterocycles. The van der Waals surface area contributed by atoms with Crippen LogP contribution in [-0.4, -0.2) is 29.1 Å². The van der Waals surface area contributed by atoms with E-state index in [1.54, 1.807) is 6.07 Å². The summed E-state index contributed by atoms with van der Waals surface area (Å²) in [5.41, 5.74) is 6.38. The molecule has 4 nitrogen and oxygen atoms in total. The number of hydrogen-bond donors (Lipinski definition) is 2. The average Bonchev–Trinajstić information content (AvgIpc) is 2.65. The zero-order valence-electron chi connectivity index (χ0n) is 9.40. The van der Waals surface area contributed by atoms with Crippen LogP contribution in [0.4, 0.5) is 10.1 Å². The van der Waals surface area contributed by atoms with Crippen LogP contribution in [0.3, 0.4) is 0 Å². The lowest BCUT2D eigenvalue weighted by Crippen LogP contribution is -2.26. The van der Waals surface area contributed by atoms with Crippen molar-refractivity contribution in [3.8, 4) is 0 Å². The summed E-state index contributed by atoms with van der Waals surface area (Å²) in [5.74, 6) is -0.507. The average molecular weight is 238 g/mol. The molecule has 0 saturated carbocycles. The van der Waals surface area contributed by atoms with Crippen LogP contribution < -0.4 is 5.73 Å². The minimum atomic E-state index is -0.398. The van der Waals surface area contributed by atoms with Crippen LogP contribution in [0.5, 0.6) is 0 Å². The fraction of sp³-hybridized carbons (Fsp3) is 0.417. The molecule has 1 aliphatic rings. The zero-order valence-corrected chi connectivity index (χ0v) is 9.40. The third kappa shape index (κ3) is 2.39. The molecule has 0 spiro atoms. The van der Waals surface area contributed by atoms with E-state index in [-0.39, 0.29) is 25.0 Å². The molecule has 0 aromatic heterocycles. The molecule has 0 radical (unpaired) electrons. The van der Waals surface area contributed by atoms with Gasteiger partial charge in [0.25, 0.3) is 0 Å². The second-order valence-corrected chi connectivity index (χ2v) is 4.33. The smallest absolute Gasteiger partial charge is 0.223 e. The Labute approximate surface area is 98.8 Å². The predicted octanol–water partition coefficient (Wildman–Crippen LogP) is 0.749. The Hall–Kier alpha value is -1.62. The molecule has 0 aliphatic carbocycles. The van der Waals surface area contributed by atoms with E-state index >= 15 is 0 Å². The minimum absolute atomic E-state index is 0.0189. The summed E-state index contributed by atoms with van der Waals surface area (Å²) in [5, 5.41) is 9.00. The number of nitrogens with two attached hydrogens (primary N) is 1. The number of likely N-dealkylation sites (tertiary alicyclic amines) is 1. The fourth-order valence-electron chi connectivity index (χ4n) is 2.06. The molecule has 1 unspecified atom stereocenters. The molecule has 5 heteroatoms. The largest absolute Gasteiger partial charge is 0.398 e. The second kappa shape index (κ2) is 4.71. The van der Waals surface area contributed by atoms with Gasteiger partial charge in [-0.25, -0.2) is 4.39 Å². The number of halogens is 1. The highest BCUT2D eigenvalue weighted by Crippen LogP contribution is 2.23. The van der Waals surface area contributed by atoms with Gasteiger partial charge in [-0.3, -0.25) is 4.79 Å². The van der Waals surface area contributed by atoms with Gasteiger partial charge in [-0.2, -0.15) is 0 Å². The molecule has 92 valence electrons. The Morgan fingerprint density at radius 3 is 2.88 bits per heavy atom. The maximum atomic E-state index is 13.5. The van der Waals surface area contributed by atoms with Crippen molar-refractivity contribution in [3.63, 3.8) is 0 Å². The van der Waals surface area contributed by atoms with E-state index in [9.17, 15) is 9.18 Å². The van der Waals surface area contributed by atoms with Crippen LogP contribution >= 0.6 is 0 Å². The molecule has 1 aromatic carbocycles. The minimum Gasteiger partial charge on any atom is -0.398 e. The molecule has 1 aromatic rings. The van der Waals surface area contributed by atoms with Gasteiger partial charge in [0.05, 0.1) is 6.54 Å². The number of carbonyl (C=O) groups excluding carboxylic acids is 1. The Bertz CT molecular complexity index is 416. The predicted molar refractivity (Wildman–Crippen MR) is 61.4 cm³/mol. The molecule has 0 bridgehead atoms. The summed E-state index contributed by atoms with van der Waals surface area (Å²) >= 11 is 0. The third-order valence-electron chi connectivity index (χ3n) is 3.06. The molecule has 1 fully saturated rings. The van der Waals surface area contributed by atoms with E-state index in [0.29, 0.717) is 24.2 Å². The summed E-state index contributed by atoms with van der Waals surface area (Å²) in [4.78, 5) is 13.2. The molecule has 17 heavy (non-hydrogen) atoms. The highest BCUT2D eigenvalue weighted by Gasteiger charge is 2.29. The van der Waals surface area contributed by atoms with Gasteiger partial charge in [-0.1, -0.05) is 6.07 Å². The molecular formula is C12H15FN2O2. The topological polar surface area (TPSA) is 66.6 Å². The molecule has 2 rings (SSSR count). The number of nitrogens with zero attached hydrogens (tertiary/aromatic N) is 1. The Morgan fingerprint density at radius 2 is 2.29 bits per heavy atom. The van der Waals surface area contributed by atoms with Crippen molar-refractivity contribution < 1.29 is 14.3 Å². The standard InChI is InChI=1S/C12H15FN2O2/c13-10-2-1-3-11(14)9(10)6-15-5-8(7-16)4-12(15)17/h1-3,8,16H,4-7,14H2. The van der Waals surface area contributed by atoms with Crippen molar-refractivity contribution in [1.29, 1.82) is 0 Å². The van der Waals surface area contributed by atoms with Crippen molar-refractivity contribution in [3.05, 3.63) is 29.6 Å². The molecule has 1 amide bonds. The number of nitrogen functional groups attached to an aromatic ring is 1. The number of anilines is 1. The van der Waals surface area contributed by atoms with Crippen LogP contribution in [-0.2, 0) is 11.3 Å². The Kier molecular flexibility index (Phi) is 3.28. The lowest BCUT2D eigenvalue weighted by molar-refractivity contribution is -0.128. The Morgan fingerprint density at radius 1 is 1.53 bits per heavy atom. The fourth-order valence-corrected chi connectivity index (χ4v) is 2.06. The maximum Gasteiger partial charge on any atom is 0.223 e. The number of amides is 1. The molecule has 1 aliphatic heterocycles. The first-order chi connectivity index (χ1) is 8.11. The van der Waals surface area contributed by atoms with Gasteiger partial charge in [0, 0.05) is 36.7 Å². The summed E-state index contributed by atoms with van der Waals surface area (Å²) in [6, 6.07) is 4.48. The van der Waals surface area contributed by atoms with Crippen LogP contribution in [0, 0.1) is 11.7 Å². The van der Waals surface area contributed by atoms with E-state index < -0.39 is 5.82 Å². The molecule has 1 atom stereocenters. The lowest BCUT2D eigenvalue weighted by atomic mass is 10.1.